The van der Waals surface area contributed by atoms with Crippen molar-refractivity contribution in [2.75, 3.05) is 13.1 Å². The van der Waals surface area contributed by atoms with Gasteiger partial charge in [-0.25, -0.2) is 4.99 Å². The third-order valence-electron chi connectivity index (χ3n) is 3.00. The molecule has 0 aliphatic rings. The van der Waals surface area contributed by atoms with E-state index in [2.05, 4.69) is 16.9 Å². The number of halogens is 3. The second kappa shape index (κ2) is 8.46. The van der Waals surface area contributed by atoms with Crippen molar-refractivity contribution in [2.45, 2.75) is 32.4 Å². The van der Waals surface area contributed by atoms with E-state index in [1.54, 1.807) is 0 Å². The Kier molecular flexibility index (Phi) is 6.95. The van der Waals surface area contributed by atoms with Crippen molar-refractivity contribution in [1.29, 1.82) is 0 Å². The third kappa shape index (κ3) is 7.15. The zero-order valence-corrected chi connectivity index (χ0v) is 12.7. The summed E-state index contributed by atoms with van der Waals surface area (Å²) < 4.78 is 37.3. The van der Waals surface area contributed by atoms with E-state index in [-0.39, 0.29) is 0 Å². The van der Waals surface area contributed by atoms with Crippen LogP contribution >= 0.6 is 0 Å². The Morgan fingerprint density at radius 1 is 1.23 bits per heavy atom. The van der Waals surface area contributed by atoms with Crippen LogP contribution in [0.15, 0.2) is 41.4 Å². The predicted molar refractivity (Wildman–Crippen MR) is 83.7 cm³/mol. The first-order chi connectivity index (χ1) is 10.3. The van der Waals surface area contributed by atoms with Gasteiger partial charge in [-0.15, -0.1) is 0 Å². The summed E-state index contributed by atoms with van der Waals surface area (Å²) in [6.07, 6.45) is -1.80. The number of hydrogen-bond acceptors (Lipinski definition) is 1. The molecule has 0 saturated carbocycles. The predicted octanol–water partition coefficient (Wildman–Crippen LogP) is 3.51. The monoisotopic (exact) mass is 313 g/mol. The van der Waals surface area contributed by atoms with E-state index in [0.717, 1.165) is 42.5 Å². The van der Waals surface area contributed by atoms with Crippen LogP contribution in [0.1, 0.15) is 30.9 Å². The highest BCUT2D eigenvalue weighted by Gasteiger charge is 2.29. The molecular formula is C16H22F3N3. The Bertz CT molecular complexity index is 504. The van der Waals surface area contributed by atoms with Gasteiger partial charge in [0.25, 0.3) is 0 Å². The summed E-state index contributed by atoms with van der Waals surface area (Å²) in [4.78, 5) is 4.09. The SMILES string of the molecule is C=C(C)CN=C(N)NCCCCc1ccc(C(F)(F)F)cc1. The van der Waals surface area contributed by atoms with Crippen molar-refractivity contribution in [3.8, 4) is 0 Å². The van der Waals surface area contributed by atoms with Crippen LogP contribution in [0.25, 0.3) is 0 Å². The summed E-state index contributed by atoms with van der Waals surface area (Å²) in [5.41, 5.74) is 6.89. The maximum Gasteiger partial charge on any atom is 0.416 e. The molecule has 0 spiro atoms. The fraction of sp³-hybridized carbons (Fsp3) is 0.438. The van der Waals surface area contributed by atoms with E-state index in [9.17, 15) is 13.2 Å². The van der Waals surface area contributed by atoms with Crippen molar-refractivity contribution in [3.05, 3.63) is 47.5 Å². The van der Waals surface area contributed by atoms with Crippen molar-refractivity contribution < 1.29 is 13.2 Å². The number of alkyl halides is 3. The molecule has 0 heterocycles. The standard InChI is InChI=1S/C16H22F3N3/c1-12(2)11-22-15(20)21-10-4-3-5-13-6-8-14(9-7-13)16(17,18)19/h6-9H,1,3-5,10-11H2,2H3,(H3,20,21,22). The van der Waals surface area contributed by atoms with Gasteiger partial charge >= 0.3 is 6.18 Å². The van der Waals surface area contributed by atoms with E-state index >= 15 is 0 Å². The Morgan fingerprint density at radius 2 is 1.86 bits per heavy atom. The highest BCUT2D eigenvalue weighted by atomic mass is 19.4. The van der Waals surface area contributed by atoms with Gasteiger partial charge in [-0.3, -0.25) is 0 Å². The molecule has 3 N–H and O–H groups in total. The molecule has 1 rings (SSSR count). The molecule has 0 unspecified atom stereocenters. The Balaban J connectivity index is 2.25. The lowest BCUT2D eigenvalue weighted by molar-refractivity contribution is -0.137. The van der Waals surface area contributed by atoms with Crippen LogP contribution in [0, 0.1) is 0 Å². The average molecular weight is 313 g/mol. The van der Waals surface area contributed by atoms with E-state index in [4.69, 9.17) is 5.73 Å². The lowest BCUT2D eigenvalue weighted by Crippen LogP contribution is -2.32. The minimum absolute atomic E-state index is 0.387. The summed E-state index contributed by atoms with van der Waals surface area (Å²) in [6, 6.07) is 5.30. The number of unbranched alkanes of at least 4 members (excludes halogenated alkanes) is 1. The summed E-state index contributed by atoms with van der Waals surface area (Å²) in [5.74, 6) is 0.387. The van der Waals surface area contributed by atoms with E-state index in [1.807, 2.05) is 6.92 Å². The Labute approximate surface area is 129 Å². The van der Waals surface area contributed by atoms with Gasteiger partial charge in [0.2, 0.25) is 0 Å². The molecule has 0 bridgehead atoms. The van der Waals surface area contributed by atoms with Crippen LogP contribution in [0.5, 0.6) is 0 Å². The van der Waals surface area contributed by atoms with Gasteiger partial charge in [0.1, 0.15) is 0 Å². The first-order valence-corrected chi connectivity index (χ1v) is 7.13. The van der Waals surface area contributed by atoms with Crippen molar-refractivity contribution in [1.82, 2.24) is 5.32 Å². The molecule has 122 valence electrons. The second-order valence-electron chi connectivity index (χ2n) is 5.24. The lowest BCUT2D eigenvalue weighted by Gasteiger charge is -2.08. The van der Waals surface area contributed by atoms with E-state index in [0.29, 0.717) is 19.0 Å². The third-order valence-corrected chi connectivity index (χ3v) is 3.00. The molecule has 1 aromatic carbocycles. The zero-order valence-electron chi connectivity index (χ0n) is 12.7. The number of guanidine groups is 1. The van der Waals surface area contributed by atoms with Crippen molar-refractivity contribution in [2.24, 2.45) is 10.7 Å². The number of benzene rings is 1. The molecule has 0 fully saturated rings. The highest BCUT2D eigenvalue weighted by Crippen LogP contribution is 2.29. The lowest BCUT2D eigenvalue weighted by atomic mass is 10.1. The van der Waals surface area contributed by atoms with Crippen LogP contribution in [-0.2, 0) is 12.6 Å². The maximum atomic E-state index is 12.4. The molecule has 3 nitrogen and oxygen atoms in total. The largest absolute Gasteiger partial charge is 0.416 e. The molecule has 0 aliphatic heterocycles. The molecule has 22 heavy (non-hydrogen) atoms. The van der Waals surface area contributed by atoms with Crippen LogP contribution in [0.4, 0.5) is 13.2 Å². The summed E-state index contributed by atoms with van der Waals surface area (Å²) >= 11 is 0. The normalized spacial score (nSPS) is 12.3. The smallest absolute Gasteiger partial charge is 0.370 e. The van der Waals surface area contributed by atoms with Gasteiger partial charge in [-0.1, -0.05) is 24.3 Å². The minimum Gasteiger partial charge on any atom is -0.370 e. The minimum atomic E-state index is -4.27. The molecule has 0 amide bonds. The average Bonchev–Trinajstić information content (AvgIpc) is 2.44. The van der Waals surface area contributed by atoms with E-state index < -0.39 is 11.7 Å². The highest BCUT2D eigenvalue weighted by molar-refractivity contribution is 5.77. The van der Waals surface area contributed by atoms with Gasteiger partial charge in [0, 0.05) is 6.54 Å². The first-order valence-electron chi connectivity index (χ1n) is 7.13. The topological polar surface area (TPSA) is 50.4 Å². The van der Waals surface area contributed by atoms with Gasteiger partial charge < -0.3 is 11.1 Å². The molecule has 0 aliphatic carbocycles. The van der Waals surface area contributed by atoms with Crippen LogP contribution < -0.4 is 11.1 Å². The number of nitrogens with two attached hydrogens (primary N) is 1. The second-order valence-corrected chi connectivity index (χ2v) is 5.24. The first kappa shape index (κ1) is 18.1. The number of nitrogens with zero attached hydrogens (tertiary/aromatic N) is 1. The van der Waals surface area contributed by atoms with Crippen LogP contribution in [0.3, 0.4) is 0 Å². The quantitative estimate of drug-likeness (QED) is 0.350. The number of rotatable bonds is 7. The molecule has 0 atom stereocenters. The number of aryl methyl sites for hydroxylation is 1. The van der Waals surface area contributed by atoms with Gasteiger partial charge in [-0.05, 0) is 43.9 Å². The van der Waals surface area contributed by atoms with Crippen molar-refractivity contribution in [3.63, 3.8) is 0 Å². The Hall–Kier alpha value is -1.98. The molecule has 0 radical (unpaired) electrons. The number of aliphatic imine (C=N–C) groups is 1. The van der Waals surface area contributed by atoms with E-state index in [1.165, 1.54) is 12.1 Å². The van der Waals surface area contributed by atoms with Crippen LogP contribution in [-0.4, -0.2) is 19.0 Å². The Morgan fingerprint density at radius 3 is 2.41 bits per heavy atom. The van der Waals surface area contributed by atoms with Crippen molar-refractivity contribution >= 4 is 5.96 Å². The fourth-order valence-corrected chi connectivity index (χ4v) is 1.81. The van der Waals surface area contributed by atoms with Gasteiger partial charge in [0.05, 0.1) is 12.1 Å². The van der Waals surface area contributed by atoms with Crippen LogP contribution in [0.2, 0.25) is 0 Å². The number of nitrogens with one attached hydrogen (secondary N) is 1. The molecule has 0 aromatic heterocycles. The molecule has 6 heteroatoms. The summed E-state index contributed by atoms with van der Waals surface area (Å²) in [7, 11) is 0. The fourth-order valence-electron chi connectivity index (χ4n) is 1.81. The maximum absolute atomic E-state index is 12.4. The molecular weight excluding hydrogens is 291 g/mol. The number of hydrogen-bond donors (Lipinski definition) is 2. The molecule has 0 saturated heterocycles. The summed E-state index contributed by atoms with van der Waals surface area (Å²) in [6.45, 7) is 6.80. The summed E-state index contributed by atoms with van der Waals surface area (Å²) in [5, 5.41) is 2.99. The van der Waals surface area contributed by atoms with Gasteiger partial charge in [0.15, 0.2) is 5.96 Å². The zero-order chi connectivity index (χ0) is 16.6. The van der Waals surface area contributed by atoms with Gasteiger partial charge in [-0.2, -0.15) is 13.2 Å². The molecule has 1 aromatic rings.